The van der Waals surface area contributed by atoms with Gasteiger partial charge in [0.25, 0.3) is 0 Å². The molecule has 1 aromatic carbocycles. The van der Waals surface area contributed by atoms with Crippen molar-refractivity contribution in [3.63, 3.8) is 0 Å². The van der Waals surface area contributed by atoms with Crippen LogP contribution in [0.1, 0.15) is 18.2 Å². The summed E-state index contributed by atoms with van der Waals surface area (Å²) in [6.07, 6.45) is -4.62. The largest absolute Gasteiger partial charge is 0.433 e. The number of halogens is 4. The predicted octanol–water partition coefficient (Wildman–Crippen LogP) is 3.99. The zero-order valence-corrected chi connectivity index (χ0v) is 13.7. The van der Waals surface area contributed by atoms with Crippen LogP contribution in [0.15, 0.2) is 24.3 Å². The summed E-state index contributed by atoms with van der Waals surface area (Å²) in [4.78, 5) is 7.45. The lowest BCUT2D eigenvalue weighted by Crippen LogP contribution is -2.22. The van der Waals surface area contributed by atoms with E-state index in [0.29, 0.717) is 10.7 Å². The van der Waals surface area contributed by atoms with Crippen molar-refractivity contribution in [1.29, 1.82) is 0 Å². The minimum atomic E-state index is -4.62. The molecule has 0 aliphatic rings. The van der Waals surface area contributed by atoms with Crippen LogP contribution in [0.25, 0.3) is 0 Å². The average Bonchev–Trinajstić information content (AvgIpc) is 2.49. The molecule has 0 radical (unpaired) electrons. The first-order valence-corrected chi connectivity index (χ1v) is 7.43. The molecule has 0 spiro atoms. The number of aryl methyl sites for hydroxylation is 1. The van der Waals surface area contributed by atoms with Crippen molar-refractivity contribution >= 4 is 29.1 Å². The van der Waals surface area contributed by atoms with E-state index in [1.54, 1.807) is 32.0 Å². The van der Waals surface area contributed by atoms with Gasteiger partial charge in [0.2, 0.25) is 5.95 Å². The number of aromatic nitrogens is 2. The van der Waals surface area contributed by atoms with Crippen LogP contribution in [0, 0.1) is 6.92 Å². The van der Waals surface area contributed by atoms with Crippen molar-refractivity contribution in [2.75, 3.05) is 17.2 Å². The zero-order chi connectivity index (χ0) is 17.9. The number of aliphatic hydroxyl groups excluding tert-OH is 1. The quantitative estimate of drug-likeness (QED) is 0.752. The van der Waals surface area contributed by atoms with Gasteiger partial charge in [-0.3, -0.25) is 0 Å². The summed E-state index contributed by atoms with van der Waals surface area (Å²) in [6, 6.07) is 5.30. The maximum absolute atomic E-state index is 13.0. The number of rotatable bonds is 5. The molecular weight excluding hydrogens is 345 g/mol. The van der Waals surface area contributed by atoms with E-state index in [9.17, 15) is 13.2 Å². The smallest absolute Gasteiger partial charge is 0.394 e. The molecule has 130 valence electrons. The van der Waals surface area contributed by atoms with Gasteiger partial charge in [0.05, 0.1) is 6.61 Å². The van der Waals surface area contributed by atoms with E-state index in [2.05, 4.69) is 20.6 Å². The van der Waals surface area contributed by atoms with Crippen molar-refractivity contribution < 1.29 is 18.3 Å². The number of alkyl halides is 3. The van der Waals surface area contributed by atoms with Crippen LogP contribution in [-0.2, 0) is 6.18 Å². The molecule has 1 aromatic heterocycles. The van der Waals surface area contributed by atoms with E-state index in [0.717, 1.165) is 11.6 Å². The van der Waals surface area contributed by atoms with Gasteiger partial charge in [0.1, 0.15) is 5.82 Å². The maximum atomic E-state index is 13.0. The minimum Gasteiger partial charge on any atom is -0.394 e. The van der Waals surface area contributed by atoms with Crippen LogP contribution in [0.4, 0.5) is 30.6 Å². The Hall–Kier alpha value is -2.06. The van der Waals surface area contributed by atoms with E-state index in [4.69, 9.17) is 16.7 Å². The highest BCUT2D eigenvalue weighted by molar-refractivity contribution is 6.31. The number of aliphatic hydroxyl groups is 1. The van der Waals surface area contributed by atoms with E-state index in [1.807, 2.05) is 0 Å². The molecule has 1 atom stereocenters. The molecule has 2 rings (SSSR count). The van der Waals surface area contributed by atoms with E-state index in [-0.39, 0.29) is 18.4 Å². The second-order valence-corrected chi connectivity index (χ2v) is 5.68. The number of nitrogens with zero attached hydrogens (tertiary/aromatic N) is 2. The summed E-state index contributed by atoms with van der Waals surface area (Å²) in [5.41, 5.74) is 0.238. The molecule has 24 heavy (non-hydrogen) atoms. The predicted molar refractivity (Wildman–Crippen MR) is 86.7 cm³/mol. The molecule has 0 fully saturated rings. The summed E-state index contributed by atoms with van der Waals surface area (Å²) < 4.78 is 39.0. The number of hydrogen-bond donors (Lipinski definition) is 3. The molecule has 0 saturated heterocycles. The Bertz CT molecular complexity index is 724. The lowest BCUT2D eigenvalue weighted by molar-refractivity contribution is -0.141. The SMILES string of the molecule is Cc1cc(Nc2cc(C(F)(F)F)nc(N[C@H](C)CO)n2)ccc1Cl. The van der Waals surface area contributed by atoms with Gasteiger partial charge in [0.15, 0.2) is 5.69 Å². The monoisotopic (exact) mass is 360 g/mol. The molecule has 2 aromatic rings. The third-order valence-corrected chi connectivity index (χ3v) is 3.52. The lowest BCUT2D eigenvalue weighted by atomic mass is 10.2. The normalized spacial score (nSPS) is 12.8. The Morgan fingerprint density at radius 2 is 1.96 bits per heavy atom. The number of hydrogen-bond acceptors (Lipinski definition) is 5. The molecule has 5 nitrogen and oxygen atoms in total. The van der Waals surface area contributed by atoms with Gasteiger partial charge in [-0.2, -0.15) is 18.2 Å². The van der Waals surface area contributed by atoms with Gasteiger partial charge in [-0.05, 0) is 37.6 Å². The van der Waals surface area contributed by atoms with Crippen LogP contribution in [0.2, 0.25) is 5.02 Å². The average molecular weight is 361 g/mol. The second kappa shape index (κ2) is 7.23. The van der Waals surface area contributed by atoms with Gasteiger partial charge < -0.3 is 15.7 Å². The fourth-order valence-electron chi connectivity index (χ4n) is 1.86. The van der Waals surface area contributed by atoms with Crippen molar-refractivity contribution in [3.05, 3.63) is 40.5 Å². The summed E-state index contributed by atoms with van der Waals surface area (Å²) >= 11 is 5.93. The van der Waals surface area contributed by atoms with Gasteiger partial charge in [-0.15, -0.1) is 0 Å². The summed E-state index contributed by atoms with van der Waals surface area (Å²) in [5, 5.41) is 15.0. The fraction of sp³-hybridized carbons (Fsp3) is 0.333. The molecule has 0 saturated carbocycles. The molecule has 0 aliphatic heterocycles. The first kappa shape index (κ1) is 18.3. The van der Waals surface area contributed by atoms with Crippen molar-refractivity contribution in [1.82, 2.24) is 9.97 Å². The lowest BCUT2D eigenvalue weighted by Gasteiger charge is -2.15. The maximum Gasteiger partial charge on any atom is 0.433 e. The number of nitrogens with one attached hydrogen (secondary N) is 2. The molecule has 0 amide bonds. The third-order valence-electron chi connectivity index (χ3n) is 3.10. The van der Waals surface area contributed by atoms with Crippen LogP contribution < -0.4 is 10.6 Å². The topological polar surface area (TPSA) is 70.1 Å². The van der Waals surface area contributed by atoms with Crippen molar-refractivity contribution in [2.45, 2.75) is 26.1 Å². The molecule has 1 heterocycles. The van der Waals surface area contributed by atoms with Crippen LogP contribution in [-0.4, -0.2) is 27.7 Å². The Morgan fingerprint density at radius 3 is 2.54 bits per heavy atom. The minimum absolute atomic E-state index is 0.0216. The molecule has 0 bridgehead atoms. The Kier molecular flexibility index (Phi) is 5.51. The highest BCUT2D eigenvalue weighted by atomic mass is 35.5. The summed E-state index contributed by atoms with van der Waals surface area (Å²) in [7, 11) is 0. The number of benzene rings is 1. The zero-order valence-electron chi connectivity index (χ0n) is 12.9. The van der Waals surface area contributed by atoms with E-state index in [1.165, 1.54) is 0 Å². The van der Waals surface area contributed by atoms with Crippen molar-refractivity contribution in [2.24, 2.45) is 0 Å². The van der Waals surface area contributed by atoms with Gasteiger partial charge >= 0.3 is 6.18 Å². The van der Waals surface area contributed by atoms with E-state index >= 15 is 0 Å². The first-order valence-electron chi connectivity index (χ1n) is 7.06. The van der Waals surface area contributed by atoms with Gasteiger partial charge in [0, 0.05) is 22.8 Å². The van der Waals surface area contributed by atoms with Gasteiger partial charge in [-0.1, -0.05) is 11.6 Å². The standard InChI is InChI=1S/C15H16ClF3N4O/c1-8-5-10(3-4-11(8)16)21-13-6-12(15(17,18)19)22-14(23-13)20-9(2)7-24/h3-6,9,24H,7H2,1-2H3,(H2,20,21,22,23)/t9-/m1/s1. The Labute approximate surface area is 141 Å². The van der Waals surface area contributed by atoms with Crippen LogP contribution in [0.5, 0.6) is 0 Å². The summed E-state index contributed by atoms with van der Waals surface area (Å²) in [6.45, 7) is 3.11. The highest BCUT2D eigenvalue weighted by Gasteiger charge is 2.34. The molecule has 0 unspecified atom stereocenters. The van der Waals surface area contributed by atoms with Crippen molar-refractivity contribution in [3.8, 4) is 0 Å². The number of anilines is 3. The highest BCUT2D eigenvalue weighted by Crippen LogP contribution is 2.31. The van der Waals surface area contributed by atoms with Crippen LogP contribution in [0.3, 0.4) is 0 Å². The Morgan fingerprint density at radius 1 is 1.25 bits per heavy atom. The summed E-state index contributed by atoms with van der Waals surface area (Å²) in [5.74, 6) is -0.244. The van der Waals surface area contributed by atoms with Crippen LogP contribution >= 0.6 is 11.6 Å². The molecule has 0 aliphatic carbocycles. The first-order chi connectivity index (χ1) is 11.2. The van der Waals surface area contributed by atoms with E-state index < -0.39 is 17.9 Å². The molecule has 3 N–H and O–H groups in total. The molecule has 9 heteroatoms. The molecular formula is C15H16ClF3N4O. The van der Waals surface area contributed by atoms with Gasteiger partial charge in [-0.25, -0.2) is 4.98 Å². The third kappa shape index (κ3) is 4.72. The fourth-order valence-corrected chi connectivity index (χ4v) is 1.97. The Balaban J connectivity index is 2.36. The second-order valence-electron chi connectivity index (χ2n) is 5.28.